The van der Waals surface area contributed by atoms with Gasteiger partial charge in [0.05, 0.1) is 5.79 Å². The van der Waals surface area contributed by atoms with E-state index in [1.807, 2.05) is 0 Å². The highest BCUT2D eigenvalue weighted by Gasteiger charge is 2.53. The number of nitrogens with one attached hydrogen (secondary N) is 2. The van der Waals surface area contributed by atoms with Crippen molar-refractivity contribution in [2.75, 3.05) is 13.1 Å². The lowest BCUT2D eigenvalue weighted by atomic mass is 10.2. The molecule has 1 aliphatic heterocycles. The van der Waals surface area contributed by atoms with Crippen LogP contribution in [0.1, 0.15) is 27.2 Å². The maximum absolute atomic E-state index is 3.81. The molecule has 2 aromatic carbocycles. The minimum Gasteiger partial charge on any atom is -0.304 e. The zero-order chi connectivity index (χ0) is 16.3. The molecule has 0 spiro atoms. The molecule has 0 unspecified atom stereocenters. The summed E-state index contributed by atoms with van der Waals surface area (Å²) in [6.45, 7) is 9.44. The second-order valence-electron chi connectivity index (χ2n) is 7.48. The highest BCUT2D eigenvalue weighted by atomic mass is 28.3. The Hall–Kier alpha value is -1.42. The zero-order valence-electron chi connectivity index (χ0n) is 14.5. The quantitative estimate of drug-likeness (QED) is 0.848. The summed E-state index contributed by atoms with van der Waals surface area (Å²) < 4.78 is 0. The van der Waals surface area contributed by atoms with E-state index in [0.29, 0.717) is 5.79 Å². The molecule has 2 nitrogen and oxygen atoms in total. The van der Waals surface area contributed by atoms with Crippen LogP contribution < -0.4 is 21.0 Å². The average Bonchev–Trinajstić information content (AvgIpc) is 2.57. The molecule has 0 atom stereocenters. The van der Waals surface area contributed by atoms with Crippen LogP contribution in [0.3, 0.4) is 0 Å². The first kappa shape index (κ1) is 16.4. The van der Waals surface area contributed by atoms with Crippen LogP contribution >= 0.6 is 0 Å². The third kappa shape index (κ3) is 2.89. The number of hydrogen-bond acceptors (Lipinski definition) is 2. The lowest BCUT2D eigenvalue weighted by Gasteiger charge is -2.50. The van der Waals surface area contributed by atoms with Gasteiger partial charge in [-0.15, -0.1) is 0 Å². The summed E-state index contributed by atoms with van der Waals surface area (Å²) in [5.74, 6) is 0.362. The molecular weight excluding hydrogens is 296 g/mol. The van der Waals surface area contributed by atoms with Gasteiger partial charge in [-0.25, -0.2) is 0 Å². The van der Waals surface area contributed by atoms with Gasteiger partial charge < -0.3 is 10.6 Å². The van der Waals surface area contributed by atoms with Crippen LogP contribution in [0.15, 0.2) is 60.7 Å². The van der Waals surface area contributed by atoms with Crippen LogP contribution in [0.25, 0.3) is 0 Å². The molecule has 0 aliphatic carbocycles. The fourth-order valence-electron chi connectivity index (χ4n) is 4.16. The van der Waals surface area contributed by atoms with Gasteiger partial charge in [-0.2, -0.15) is 0 Å². The molecule has 1 fully saturated rings. The molecule has 1 saturated heterocycles. The minimum atomic E-state index is -2.07. The summed E-state index contributed by atoms with van der Waals surface area (Å²) in [5.41, 5.74) is 0. The van der Waals surface area contributed by atoms with Gasteiger partial charge in [-0.1, -0.05) is 91.8 Å². The van der Waals surface area contributed by atoms with Crippen molar-refractivity contribution >= 4 is 18.4 Å². The maximum atomic E-state index is 3.81. The predicted octanol–water partition coefficient (Wildman–Crippen LogP) is 2.50. The summed E-state index contributed by atoms with van der Waals surface area (Å²) >= 11 is 0. The molecule has 0 aromatic heterocycles. The van der Waals surface area contributed by atoms with E-state index in [2.05, 4.69) is 92.1 Å². The monoisotopic (exact) mass is 324 g/mol. The lowest BCUT2D eigenvalue weighted by Crippen LogP contribution is -2.79. The van der Waals surface area contributed by atoms with Crippen LogP contribution in [0.2, 0.25) is 5.04 Å². The molecule has 0 bridgehead atoms. The van der Waals surface area contributed by atoms with Gasteiger partial charge in [0.2, 0.25) is 0 Å². The van der Waals surface area contributed by atoms with Gasteiger partial charge in [-0.3, -0.25) is 0 Å². The van der Waals surface area contributed by atoms with Crippen molar-refractivity contribution in [3.63, 3.8) is 0 Å². The van der Waals surface area contributed by atoms with E-state index in [9.17, 15) is 0 Å². The molecule has 3 rings (SSSR count). The maximum Gasteiger partial charge on any atom is 0.157 e. The highest BCUT2D eigenvalue weighted by Crippen LogP contribution is 2.37. The van der Waals surface area contributed by atoms with Gasteiger partial charge in [0, 0.05) is 0 Å². The van der Waals surface area contributed by atoms with E-state index in [1.165, 1.54) is 16.8 Å². The normalized spacial score (nSPS) is 17.2. The Labute approximate surface area is 141 Å². The smallest absolute Gasteiger partial charge is 0.157 e. The molecule has 3 heteroatoms. The number of hydrogen-bond donors (Lipinski definition) is 2. The second kappa shape index (κ2) is 6.60. The fraction of sp³-hybridized carbons (Fsp3) is 0.400. The standard InChI is InChI=1S/C20H28N2Si/c1-20(2,3)23(17-11-6-4-7-12-17,18-13-8-5-9-14-18)19-21-15-10-16-22-19/h4-9,11-14,19,21-22H,10,15-16H2,1-3H3. The number of rotatable bonds is 3. The van der Waals surface area contributed by atoms with E-state index in [0.717, 1.165) is 13.1 Å². The third-order valence-electron chi connectivity index (χ3n) is 5.12. The Morgan fingerprint density at radius 1 is 0.783 bits per heavy atom. The van der Waals surface area contributed by atoms with E-state index in [-0.39, 0.29) is 5.04 Å². The Balaban J connectivity index is 2.25. The van der Waals surface area contributed by atoms with E-state index in [4.69, 9.17) is 0 Å². The first-order valence-electron chi connectivity index (χ1n) is 8.64. The molecule has 23 heavy (non-hydrogen) atoms. The van der Waals surface area contributed by atoms with Gasteiger partial charge in [-0.05, 0) is 24.5 Å². The largest absolute Gasteiger partial charge is 0.304 e. The Morgan fingerprint density at radius 2 is 1.22 bits per heavy atom. The van der Waals surface area contributed by atoms with Gasteiger partial charge in [0.15, 0.2) is 8.07 Å². The Bertz CT molecular complexity index is 574. The van der Waals surface area contributed by atoms with Gasteiger partial charge >= 0.3 is 0 Å². The molecule has 0 saturated carbocycles. The average molecular weight is 325 g/mol. The Morgan fingerprint density at radius 3 is 1.61 bits per heavy atom. The molecule has 0 amide bonds. The van der Waals surface area contributed by atoms with E-state index in [1.54, 1.807) is 0 Å². The van der Waals surface area contributed by atoms with Gasteiger partial charge in [0.25, 0.3) is 0 Å². The molecule has 1 heterocycles. The summed E-state index contributed by atoms with van der Waals surface area (Å²) in [4.78, 5) is 0. The SMILES string of the molecule is CC(C)(C)[Si](c1ccccc1)(c1ccccc1)C1NCCCN1. The van der Waals surface area contributed by atoms with Crippen LogP contribution in [0.4, 0.5) is 0 Å². The van der Waals surface area contributed by atoms with Crippen molar-refractivity contribution in [3.05, 3.63) is 60.7 Å². The van der Waals surface area contributed by atoms with Crippen molar-refractivity contribution in [2.24, 2.45) is 0 Å². The van der Waals surface area contributed by atoms with Gasteiger partial charge in [0.1, 0.15) is 0 Å². The molecular formula is C20H28N2Si. The predicted molar refractivity (Wildman–Crippen MR) is 102 cm³/mol. The first-order chi connectivity index (χ1) is 11.1. The molecule has 0 radical (unpaired) electrons. The molecule has 1 aliphatic rings. The van der Waals surface area contributed by atoms with Crippen LogP contribution in [0.5, 0.6) is 0 Å². The summed E-state index contributed by atoms with van der Waals surface area (Å²) in [6.07, 6.45) is 1.20. The zero-order valence-corrected chi connectivity index (χ0v) is 15.5. The number of benzene rings is 2. The van der Waals surface area contributed by atoms with E-state index >= 15 is 0 Å². The minimum absolute atomic E-state index is 0.192. The first-order valence-corrected chi connectivity index (χ1v) is 10.7. The third-order valence-corrected chi connectivity index (χ3v) is 11.3. The fourth-order valence-corrected chi connectivity index (χ4v) is 10.1. The molecule has 2 aromatic rings. The summed E-state index contributed by atoms with van der Waals surface area (Å²) in [7, 11) is -2.07. The molecule has 2 N–H and O–H groups in total. The Kier molecular flexibility index (Phi) is 4.71. The van der Waals surface area contributed by atoms with E-state index < -0.39 is 8.07 Å². The van der Waals surface area contributed by atoms with Crippen molar-refractivity contribution < 1.29 is 0 Å². The topological polar surface area (TPSA) is 24.1 Å². The van der Waals surface area contributed by atoms with Crippen molar-refractivity contribution in [2.45, 2.75) is 38.0 Å². The summed E-state index contributed by atoms with van der Waals surface area (Å²) in [5, 5.41) is 10.8. The van der Waals surface area contributed by atoms with Crippen molar-refractivity contribution in [3.8, 4) is 0 Å². The summed E-state index contributed by atoms with van der Waals surface area (Å²) in [6, 6.07) is 22.3. The van der Waals surface area contributed by atoms with Crippen molar-refractivity contribution in [1.29, 1.82) is 0 Å². The van der Waals surface area contributed by atoms with Crippen molar-refractivity contribution in [1.82, 2.24) is 10.6 Å². The van der Waals surface area contributed by atoms with Crippen LogP contribution in [0, 0.1) is 0 Å². The highest BCUT2D eigenvalue weighted by molar-refractivity contribution is 7.05. The van der Waals surface area contributed by atoms with Crippen LogP contribution in [-0.2, 0) is 0 Å². The lowest BCUT2D eigenvalue weighted by molar-refractivity contribution is 0.436. The van der Waals surface area contributed by atoms with Crippen LogP contribution in [-0.4, -0.2) is 27.0 Å². The molecule has 122 valence electrons. The second-order valence-corrected chi connectivity index (χ2v) is 12.3.